The number of fused-ring (bicyclic) bond motifs is 2. The van der Waals surface area contributed by atoms with Crippen LogP contribution in [0.5, 0.6) is 0 Å². The zero-order chi connectivity index (χ0) is 18.7. The number of hydrogen-bond donors (Lipinski definition) is 0. The molecule has 2 aromatic heterocycles. The van der Waals surface area contributed by atoms with E-state index in [-0.39, 0.29) is 5.78 Å². The molecule has 0 aliphatic rings. The minimum Gasteiger partial charge on any atom is -0.295 e. The van der Waals surface area contributed by atoms with Gasteiger partial charge >= 0.3 is 0 Å². The highest BCUT2D eigenvalue weighted by molar-refractivity contribution is 9.10. The van der Waals surface area contributed by atoms with Crippen LogP contribution in [0, 0.1) is 0 Å². The fourth-order valence-corrected chi connectivity index (χ4v) is 3.13. The molecule has 0 radical (unpaired) electrons. The summed E-state index contributed by atoms with van der Waals surface area (Å²) in [4.78, 5) is 19.1. The van der Waals surface area contributed by atoms with Gasteiger partial charge in [0.2, 0.25) is 0 Å². The van der Waals surface area contributed by atoms with Crippen LogP contribution in [0.4, 0.5) is 0 Å². The average molecular weight is 448 g/mol. The lowest BCUT2D eigenvalue weighted by Crippen LogP contribution is -1.91. The molecule has 0 aliphatic carbocycles. The largest absolute Gasteiger partial charge is 0.295 e. The highest BCUT2D eigenvalue weighted by atomic mass is 79.9. The molecule has 4 rings (SSSR count). The molecule has 6 heteroatoms. The number of benzene rings is 2. The lowest BCUT2D eigenvalue weighted by atomic mass is 10.1. The Labute approximate surface area is 169 Å². The number of aromatic nitrogens is 2. The second kappa shape index (κ2) is 8.12. The fraction of sp³-hybridized carbons (Fsp3) is 0.0500. The summed E-state index contributed by atoms with van der Waals surface area (Å²) in [5.74, 6) is 0.0573. The number of halogens is 3. The van der Waals surface area contributed by atoms with E-state index in [1.165, 1.54) is 0 Å². The second-order valence-electron chi connectivity index (χ2n) is 5.62. The summed E-state index contributed by atoms with van der Waals surface area (Å²) in [5, 5.41) is 5.13. The zero-order valence-corrected chi connectivity index (χ0v) is 16.8. The van der Waals surface area contributed by atoms with Crippen LogP contribution in [0.2, 0.25) is 10.3 Å². The van der Waals surface area contributed by atoms with Gasteiger partial charge in [-0.2, -0.15) is 0 Å². The summed E-state index contributed by atoms with van der Waals surface area (Å²) in [6.07, 6.45) is 3.44. The van der Waals surface area contributed by atoms with Crippen molar-refractivity contribution in [3.63, 3.8) is 0 Å². The van der Waals surface area contributed by atoms with Crippen molar-refractivity contribution in [1.82, 2.24) is 9.97 Å². The lowest BCUT2D eigenvalue weighted by molar-refractivity contribution is 0.101. The third-order valence-electron chi connectivity index (χ3n) is 3.75. The molecule has 3 nitrogen and oxygen atoms in total. The van der Waals surface area contributed by atoms with E-state index in [9.17, 15) is 4.79 Å². The molecular weight excluding hydrogens is 435 g/mol. The van der Waals surface area contributed by atoms with Gasteiger partial charge in [0.15, 0.2) is 5.78 Å². The monoisotopic (exact) mass is 446 g/mol. The molecule has 0 fully saturated rings. The number of ketones is 1. The molecule has 0 bridgehead atoms. The normalized spacial score (nSPS) is 10.5. The molecule has 0 saturated carbocycles. The summed E-state index contributed by atoms with van der Waals surface area (Å²) in [6.45, 7) is 1.55. The summed E-state index contributed by atoms with van der Waals surface area (Å²) < 4.78 is 1.05. The van der Waals surface area contributed by atoms with E-state index in [1.807, 2.05) is 36.4 Å². The van der Waals surface area contributed by atoms with E-state index < -0.39 is 0 Å². The molecule has 0 saturated heterocycles. The Kier molecular flexibility index (Phi) is 5.87. The summed E-state index contributed by atoms with van der Waals surface area (Å²) >= 11 is 14.9. The first-order valence-electron chi connectivity index (χ1n) is 7.69. The van der Waals surface area contributed by atoms with Crippen LogP contribution >= 0.6 is 39.1 Å². The van der Waals surface area contributed by atoms with E-state index in [2.05, 4.69) is 25.9 Å². The van der Waals surface area contributed by atoms with Crippen molar-refractivity contribution in [2.75, 3.05) is 0 Å². The molecule has 0 aliphatic heterocycles. The van der Waals surface area contributed by atoms with Crippen LogP contribution in [0.3, 0.4) is 0 Å². The van der Waals surface area contributed by atoms with Gasteiger partial charge in [-0.3, -0.25) is 4.79 Å². The zero-order valence-electron chi connectivity index (χ0n) is 13.7. The SMILES string of the molecule is CC(=O)c1ccc2cc(Cl)ncc2c1.Clc1cc2ccc(Br)cc2cn1. The molecule has 0 unspecified atom stereocenters. The van der Waals surface area contributed by atoms with Gasteiger partial charge in [0.05, 0.1) is 0 Å². The van der Waals surface area contributed by atoms with Crippen LogP contribution in [-0.4, -0.2) is 15.8 Å². The predicted molar refractivity (Wildman–Crippen MR) is 111 cm³/mol. The number of hydrogen-bond acceptors (Lipinski definition) is 3. The molecule has 26 heavy (non-hydrogen) atoms. The van der Waals surface area contributed by atoms with E-state index >= 15 is 0 Å². The van der Waals surface area contributed by atoms with Gasteiger partial charge in [0.25, 0.3) is 0 Å². The highest BCUT2D eigenvalue weighted by Gasteiger charge is 2.01. The van der Waals surface area contributed by atoms with Gasteiger partial charge in [-0.1, -0.05) is 57.3 Å². The maximum atomic E-state index is 11.1. The van der Waals surface area contributed by atoms with Gasteiger partial charge < -0.3 is 0 Å². The van der Waals surface area contributed by atoms with Crippen LogP contribution in [-0.2, 0) is 0 Å². The number of carbonyl (C=O) groups is 1. The Balaban J connectivity index is 0.000000152. The van der Waals surface area contributed by atoms with E-state index in [1.54, 1.807) is 31.5 Å². The van der Waals surface area contributed by atoms with Crippen molar-refractivity contribution in [3.8, 4) is 0 Å². The number of rotatable bonds is 1. The Morgan fingerprint density at radius 1 is 0.808 bits per heavy atom. The number of nitrogens with zero attached hydrogens (tertiary/aromatic N) is 2. The summed E-state index contributed by atoms with van der Waals surface area (Å²) in [7, 11) is 0. The van der Waals surface area contributed by atoms with Gasteiger partial charge in [0.1, 0.15) is 10.3 Å². The molecule has 2 heterocycles. The second-order valence-corrected chi connectivity index (χ2v) is 7.31. The molecular formula is C20H13BrCl2N2O. The van der Waals surface area contributed by atoms with Gasteiger partial charge in [-0.05, 0) is 48.0 Å². The van der Waals surface area contributed by atoms with Crippen LogP contribution < -0.4 is 0 Å². The quantitative estimate of drug-likeness (QED) is 0.239. The average Bonchev–Trinajstić information content (AvgIpc) is 2.62. The molecule has 4 aromatic rings. The molecule has 130 valence electrons. The molecule has 0 spiro atoms. The standard InChI is InChI=1S/C11H8ClNO.C9H5BrClN/c1-7(14)8-2-3-9-5-11(12)13-6-10(9)4-8;10-8-2-1-6-4-9(11)12-5-7(6)3-8/h2-6H,1H3;1-5H. The Hall–Kier alpha value is -2.01. The van der Waals surface area contributed by atoms with E-state index in [4.69, 9.17) is 23.2 Å². The first-order valence-corrected chi connectivity index (χ1v) is 9.24. The lowest BCUT2D eigenvalue weighted by Gasteiger charge is -2.00. The first-order chi connectivity index (χ1) is 12.4. The maximum absolute atomic E-state index is 11.1. The topological polar surface area (TPSA) is 42.9 Å². The Bertz CT molecular complexity index is 1070. The van der Waals surface area contributed by atoms with Gasteiger partial charge in [-0.15, -0.1) is 0 Å². The van der Waals surface area contributed by atoms with Gasteiger partial charge in [0, 0.05) is 33.2 Å². The summed E-state index contributed by atoms with van der Waals surface area (Å²) in [6, 6.07) is 15.1. The number of pyridine rings is 2. The minimum absolute atomic E-state index is 0.0573. The predicted octanol–water partition coefficient (Wildman–Crippen LogP) is 6.74. The number of carbonyl (C=O) groups excluding carboxylic acids is 1. The minimum atomic E-state index is 0.0573. The van der Waals surface area contributed by atoms with Crippen LogP contribution in [0.25, 0.3) is 21.5 Å². The molecule has 0 amide bonds. The Morgan fingerprint density at radius 3 is 1.92 bits per heavy atom. The van der Waals surface area contributed by atoms with Crippen LogP contribution in [0.1, 0.15) is 17.3 Å². The maximum Gasteiger partial charge on any atom is 0.159 e. The fourth-order valence-electron chi connectivity index (χ4n) is 2.42. The summed E-state index contributed by atoms with van der Waals surface area (Å²) in [5.41, 5.74) is 0.696. The Morgan fingerprint density at radius 2 is 1.35 bits per heavy atom. The van der Waals surface area contributed by atoms with E-state index in [0.29, 0.717) is 15.9 Å². The molecule has 0 atom stereocenters. The van der Waals surface area contributed by atoms with Gasteiger partial charge in [-0.25, -0.2) is 9.97 Å². The third kappa shape index (κ3) is 4.58. The van der Waals surface area contributed by atoms with E-state index in [0.717, 1.165) is 26.0 Å². The van der Waals surface area contributed by atoms with Crippen molar-refractivity contribution < 1.29 is 4.79 Å². The smallest absolute Gasteiger partial charge is 0.159 e. The van der Waals surface area contributed by atoms with Crippen molar-refractivity contribution >= 4 is 66.5 Å². The molecule has 0 N–H and O–H groups in total. The van der Waals surface area contributed by atoms with Crippen molar-refractivity contribution in [2.45, 2.75) is 6.92 Å². The van der Waals surface area contributed by atoms with Crippen LogP contribution in [0.15, 0.2) is 65.4 Å². The number of Topliss-reactive ketones (excluding diaryl/α,β-unsaturated/α-hetero) is 1. The first kappa shape index (κ1) is 18.8. The van der Waals surface area contributed by atoms with Crippen molar-refractivity contribution in [3.05, 3.63) is 81.3 Å². The molecule has 2 aromatic carbocycles. The third-order valence-corrected chi connectivity index (χ3v) is 4.65. The highest BCUT2D eigenvalue weighted by Crippen LogP contribution is 2.21. The van der Waals surface area contributed by atoms with Crippen molar-refractivity contribution in [1.29, 1.82) is 0 Å². The van der Waals surface area contributed by atoms with Crippen molar-refractivity contribution in [2.24, 2.45) is 0 Å².